The lowest BCUT2D eigenvalue weighted by atomic mass is 10.3. The van der Waals surface area contributed by atoms with Gasteiger partial charge in [0.2, 0.25) is 0 Å². The number of carbonyl (C=O) groups is 1. The lowest BCUT2D eigenvalue weighted by Gasteiger charge is -2.38. The second-order valence-electron chi connectivity index (χ2n) is 3.80. The van der Waals surface area contributed by atoms with Crippen LogP contribution in [-0.2, 0) is 9.09 Å². The molecule has 8 nitrogen and oxygen atoms in total. The summed E-state index contributed by atoms with van der Waals surface area (Å²) in [6.07, 6.45) is -0.607. The molecule has 1 aliphatic heterocycles. The highest BCUT2D eigenvalue weighted by Gasteiger charge is 2.39. The maximum Gasteiger partial charge on any atom is 0.345 e. The summed E-state index contributed by atoms with van der Waals surface area (Å²) in [6.45, 7) is 0.709. The zero-order chi connectivity index (χ0) is 14.5. The summed E-state index contributed by atoms with van der Waals surface area (Å²) in [6, 6.07) is -1.04. The molecule has 4 N–H and O–H groups in total. The molecule has 0 bridgehead atoms. The first-order valence-corrected chi connectivity index (χ1v) is 8.26. The van der Waals surface area contributed by atoms with Gasteiger partial charge in [-0.15, -0.1) is 23.2 Å². The van der Waals surface area contributed by atoms with Crippen LogP contribution in [0.25, 0.3) is 0 Å². The van der Waals surface area contributed by atoms with Crippen LogP contribution in [-0.4, -0.2) is 58.6 Å². The fourth-order valence-electron chi connectivity index (χ4n) is 1.64. The first-order chi connectivity index (χ1) is 8.94. The maximum atomic E-state index is 12.6. The average molecular weight is 335 g/mol. The summed E-state index contributed by atoms with van der Waals surface area (Å²) in [5, 5.41) is 12.4. The molecule has 0 aromatic carbocycles. The fraction of sp³-hybridized carbons (Fsp3) is 0.875. The molecule has 0 radical (unpaired) electrons. The number of carbonyl (C=O) groups excluding carboxylic acids is 1. The minimum atomic E-state index is -3.40. The lowest BCUT2D eigenvalue weighted by molar-refractivity contribution is -0.0893. The zero-order valence-electron chi connectivity index (χ0n) is 10.2. The van der Waals surface area contributed by atoms with Gasteiger partial charge in [-0.1, -0.05) is 0 Å². The van der Waals surface area contributed by atoms with Crippen LogP contribution in [0.5, 0.6) is 0 Å². The SMILES string of the molecule is NC(=O)N(O)C1CCOP(=O)(N(CCCl)CCCl)N1. The number of alkyl halides is 2. The molecular formula is C8H17Cl2N4O4P. The number of hydrogen-bond donors (Lipinski definition) is 3. The summed E-state index contributed by atoms with van der Waals surface area (Å²) in [5.41, 5.74) is 4.96. The number of primary amides is 1. The molecule has 2 unspecified atom stereocenters. The summed E-state index contributed by atoms with van der Waals surface area (Å²) in [7, 11) is -3.40. The second kappa shape index (κ2) is 7.64. The molecular weight excluding hydrogens is 318 g/mol. The number of nitrogens with zero attached hydrogens (tertiary/aromatic N) is 2. The largest absolute Gasteiger partial charge is 0.350 e. The van der Waals surface area contributed by atoms with E-state index in [1.807, 2.05) is 0 Å². The summed E-state index contributed by atoms with van der Waals surface area (Å²) in [4.78, 5) is 10.9. The third-order valence-corrected chi connectivity index (χ3v) is 5.19. The Hall–Kier alpha value is -0.0800. The van der Waals surface area contributed by atoms with Gasteiger partial charge in [0, 0.05) is 31.3 Å². The van der Waals surface area contributed by atoms with Crippen LogP contribution in [0.15, 0.2) is 0 Å². The van der Waals surface area contributed by atoms with E-state index in [9.17, 15) is 14.6 Å². The van der Waals surface area contributed by atoms with Gasteiger partial charge in [0.05, 0.1) is 6.61 Å². The van der Waals surface area contributed by atoms with E-state index in [0.717, 1.165) is 0 Å². The maximum absolute atomic E-state index is 12.6. The Morgan fingerprint density at radius 3 is 2.53 bits per heavy atom. The third kappa shape index (κ3) is 4.46. The van der Waals surface area contributed by atoms with Crippen molar-refractivity contribution < 1.29 is 19.1 Å². The molecule has 0 aromatic rings. The van der Waals surface area contributed by atoms with Crippen LogP contribution in [0, 0.1) is 0 Å². The molecule has 112 valence electrons. The molecule has 2 atom stereocenters. The van der Waals surface area contributed by atoms with Gasteiger partial charge in [-0.05, 0) is 0 Å². The molecule has 0 spiro atoms. The molecule has 0 aliphatic carbocycles. The van der Waals surface area contributed by atoms with Crippen molar-refractivity contribution in [3.05, 3.63) is 0 Å². The molecule has 0 saturated carbocycles. The summed E-state index contributed by atoms with van der Waals surface area (Å²) in [5.74, 6) is 0.491. The van der Waals surface area contributed by atoms with Crippen LogP contribution in [0.1, 0.15) is 6.42 Å². The Bertz CT molecular complexity index is 356. The standard InChI is InChI=1S/C8H17Cl2N4O4P/c9-2-4-13(5-3-10)19(17)12-7(1-6-18-19)14(16)8(11)15/h7,16H,1-6H2,(H2,11,15)(H,12,17). The monoisotopic (exact) mass is 334 g/mol. The minimum Gasteiger partial charge on any atom is -0.350 e. The Balaban J connectivity index is 2.79. The smallest absolute Gasteiger partial charge is 0.345 e. The Kier molecular flexibility index (Phi) is 6.82. The van der Waals surface area contributed by atoms with Gasteiger partial charge in [0.1, 0.15) is 6.17 Å². The highest BCUT2D eigenvalue weighted by atomic mass is 35.5. The van der Waals surface area contributed by atoms with E-state index in [4.69, 9.17) is 33.5 Å². The van der Waals surface area contributed by atoms with Gasteiger partial charge in [0.15, 0.2) is 0 Å². The molecule has 1 aliphatic rings. The second-order valence-corrected chi connectivity index (χ2v) is 6.68. The molecule has 1 fully saturated rings. The quantitative estimate of drug-likeness (QED) is 0.289. The topological polar surface area (TPSA) is 108 Å². The van der Waals surface area contributed by atoms with E-state index in [-0.39, 0.29) is 24.8 Å². The Labute approximate surface area is 121 Å². The van der Waals surface area contributed by atoms with Crippen molar-refractivity contribution in [3.8, 4) is 0 Å². The van der Waals surface area contributed by atoms with E-state index >= 15 is 0 Å². The number of nitrogens with one attached hydrogen (secondary N) is 1. The average Bonchev–Trinajstić information content (AvgIpc) is 2.37. The highest BCUT2D eigenvalue weighted by Crippen LogP contribution is 2.49. The molecule has 19 heavy (non-hydrogen) atoms. The zero-order valence-corrected chi connectivity index (χ0v) is 12.6. The number of nitrogens with two attached hydrogens (primary N) is 1. The number of halogens is 2. The van der Waals surface area contributed by atoms with Crippen LogP contribution >= 0.6 is 30.9 Å². The van der Waals surface area contributed by atoms with Gasteiger partial charge in [-0.3, -0.25) is 9.77 Å². The first-order valence-electron chi connectivity index (χ1n) is 5.62. The van der Waals surface area contributed by atoms with Crippen LogP contribution in [0.2, 0.25) is 0 Å². The van der Waals surface area contributed by atoms with Crippen molar-refractivity contribution in [2.45, 2.75) is 12.6 Å². The minimum absolute atomic E-state index is 0.111. The number of hydrogen-bond acceptors (Lipinski definition) is 4. The molecule has 1 saturated heterocycles. The Morgan fingerprint density at radius 1 is 1.47 bits per heavy atom. The van der Waals surface area contributed by atoms with Crippen molar-refractivity contribution >= 4 is 36.9 Å². The highest BCUT2D eigenvalue weighted by molar-refractivity contribution is 7.54. The fourth-order valence-corrected chi connectivity index (χ4v) is 4.38. The van der Waals surface area contributed by atoms with Crippen molar-refractivity contribution in [1.29, 1.82) is 0 Å². The first kappa shape index (κ1) is 17.0. The van der Waals surface area contributed by atoms with Gasteiger partial charge < -0.3 is 10.3 Å². The van der Waals surface area contributed by atoms with Crippen molar-refractivity contribution in [2.75, 3.05) is 31.5 Å². The van der Waals surface area contributed by atoms with Crippen molar-refractivity contribution in [2.24, 2.45) is 5.73 Å². The number of hydroxylamine groups is 2. The van der Waals surface area contributed by atoms with Crippen LogP contribution < -0.4 is 10.8 Å². The number of urea groups is 1. The molecule has 1 rings (SSSR count). The van der Waals surface area contributed by atoms with E-state index in [1.165, 1.54) is 4.67 Å². The van der Waals surface area contributed by atoms with Gasteiger partial charge in [-0.25, -0.2) is 14.6 Å². The van der Waals surface area contributed by atoms with Crippen LogP contribution in [0.4, 0.5) is 4.79 Å². The number of rotatable bonds is 6. The lowest BCUT2D eigenvalue weighted by Crippen LogP contribution is -2.52. The van der Waals surface area contributed by atoms with Gasteiger partial charge in [0.25, 0.3) is 0 Å². The van der Waals surface area contributed by atoms with Crippen molar-refractivity contribution in [1.82, 2.24) is 14.8 Å². The number of amides is 2. The molecule has 2 amide bonds. The molecule has 1 heterocycles. The van der Waals surface area contributed by atoms with Gasteiger partial charge in [-0.2, -0.15) is 5.06 Å². The van der Waals surface area contributed by atoms with E-state index < -0.39 is 19.9 Å². The third-order valence-electron chi connectivity index (χ3n) is 2.55. The summed E-state index contributed by atoms with van der Waals surface area (Å²) >= 11 is 11.3. The molecule has 0 aromatic heterocycles. The van der Waals surface area contributed by atoms with Gasteiger partial charge >= 0.3 is 13.7 Å². The van der Waals surface area contributed by atoms with E-state index in [1.54, 1.807) is 0 Å². The van der Waals surface area contributed by atoms with E-state index in [2.05, 4.69) is 5.09 Å². The van der Waals surface area contributed by atoms with Crippen LogP contribution in [0.3, 0.4) is 0 Å². The Morgan fingerprint density at radius 2 is 2.05 bits per heavy atom. The normalized spacial score (nSPS) is 27.5. The predicted molar refractivity (Wildman–Crippen MR) is 71.3 cm³/mol. The van der Waals surface area contributed by atoms with E-state index in [0.29, 0.717) is 18.2 Å². The predicted octanol–water partition coefficient (Wildman–Crippen LogP) is 0.980. The molecule has 11 heteroatoms. The van der Waals surface area contributed by atoms with Crippen molar-refractivity contribution in [3.63, 3.8) is 0 Å². The summed E-state index contributed by atoms with van der Waals surface area (Å²) < 4.78 is 19.4.